The molecule has 0 aliphatic heterocycles. The highest BCUT2D eigenvalue weighted by atomic mass is 16.5. The molecule has 0 heterocycles. The molecule has 26 heavy (non-hydrogen) atoms. The summed E-state index contributed by atoms with van der Waals surface area (Å²) in [5.41, 5.74) is 0.483. The van der Waals surface area contributed by atoms with Crippen molar-refractivity contribution in [3.8, 4) is 0 Å². The van der Waals surface area contributed by atoms with E-state index in [2.05, 4.69) is 18.8 Å². The van der Waals surface area contributed by atoms with Crippen LogP contribution >= 0.6 is 0 Å². The quantitative estimate of drug-likeness (QED) is 0.162. The summed E-state index contributed by atoms with van der Waals surface area (Å²) in [7, 11) is 2.00. The van der Waals surface area contributed by atoms with Crippen LogP contribution in [0.2, 0.25) is 0 Å². The monoisotopic (exact) mass is 367 g/mol. The van der Waals surface area contributed by atoms with Crippen LogP contribution in [-0.2, 0) is 9.53 Å². The molecule has 0 bridgehead atoms. The third kappa shape index (κ3) is 16.6. The van der Waals surface area contributed by atoms with E-state index >= 15 is 0 Å². The Hall–Kier alpha value is -0.830. The minimum absolute atomic E-state index is 0.265. The van der Waals surface area contributed by atoms with Crippen molar-refractivity contribution >= 4 is 5.97 Å². The Balaban J connectivity index is 3.50. The maximum absolute atomic E-state index is 11.4. The summed E-state index contributed by atoms with van der Waals surface area (Å²) in [5.74, 6) is 0.333. The van der Waals surface area contributed by atoms with Crippen molar-refractivity contribution < 1.29 is 9.53 Å². The molecule has 0 radical (unpaired) electrons. The maximum Gasteiger partial charge on any atom is 0.333 e. The molecule has 0 aliphatic rings. The van der Waals surface area contributed by atoms with Crippen molar-refractivity contribution in [2.75, 3.05) is 20.2 Å². The molecule has 0 saturated carbocycles. The Labute approximate surface area is 163 Å². The number of hydrogen-bond acceptors (Lipinski definition) is 3. The molecule has 0 rings (SSSR count). The molecule has 1 atom stereocenters. The number of carbonyl (C=O) groups excluding carboxylic acids is 1. The summed E-state index contributed by atoms with van der Waals surface area (Å²) < 4.78 is 5.23. The van der Waals surface area contributed by atoms with Gasteiger partial charge in [0.15, 0.2) is 0 Å². The maximum atomic E-state index is 11.4. The van der Waals surface area contributed by atoms with Gasteiger partial charge >= 0.3 is 5.97 Å². The van der Waals surface area contributed by atoms with Crippen LogP contribution in [-0.4, -0.2) is 26.2 Å². The zero-order valence-electron chi connectivity index (χ0n) is 17.9. The molecule has 0 aromatic rings. The van der Waals surface area contributed by atoms with E-state index in [1.807, 2.05) is 7.05 Å². The summed E-state index contributed by atoms with van der Waals surface area (Å²) in [5, 5.41) is 3.26. The lowest BCUT2D eigenvalue weighted by Gasteiger charge is -2.16. The van der Waals surface area contributed by atoms with Gasteiger partial charge in [-0.1, -0.05) is 90.6 Å². The lowest BCUT2D eigenvalue weighted by Crippen LogP contribution is -2.21. The molecule has 154 valence electrons. The largest absolute Gasteiger partial charge is 0.462 e. The highest BCUT2D eigenvalue weighted by molar-refractivity contribution is 5.86. The van der Waals surface area contributed by atoms with E-state index in [1.54, 1.807) is 6.92 Å². The van der Waals surface area contributed by atoms with Crippen molar-refractivity contribution in [2.24, 2.45) is 5.92 Å². The molecular formula is C23H45NO2. The highest BCUT2D eigenvalue weighted by Gasteiger charge is 2.10. The summed E-state index contributed by atoms with van der Waals surface area (Å²) >= 11 is 0. The molecule has 0 aromatic heterocycles. The molecule has 0 amide bonds. The van der Waals surface area contributed by atoms with Gasteiger partial charge in [0.25, 0.3) is 0 Å². The van der Waals surface area contributed by atoms with Crippen molar-refractivity contribution in [1.82, 2.24) is 5.32 Å². The summed E-state index contributed by atoms with van der Waals surface area (Å²) in [6.07, 6.45) is 18.8. The van der Waals surface area contributed by atoms with Gasteiger partial charge in [0.1, 0.15) is 0 Å². The third-order valence-electron chi connectivity index (χ3n) is 5.07. The lowest BCUT2D eigenvalue weighted by molar-refractivity contribution is -0.139. The van der Waals surface area contributed by atoms with E-state index in [0.717, 1.165) is 13.0 Å². The van der Waals surface area contributed by atoms with Crippen LogP contribution in [0, 0.1) is 5.92 Å². The molecule has 1 unspecified atom stereocenters. The van der Waals surface area contributed by atoms with E-state index in [9.17, 15) is 4.79 Å². The molecule has 0 aliphatic carbocycles. The van der Waals surface area contributed by atoms with E-state index in [4.69, 9.17) is 4.74 Å². The van der Waals surface area contributed by atoms with Gasteiger partial charge in [0.2, 0.25) is 0 Å². The SMILES string of the molecule is C=C(C)C(=O)OCCC(CCCCCCCCCCCCCC)CNC. The average molecular weight is 368 g/mol. The standard InChI is InChI=1S/C23H45NO2/c1-5-6-7-8-9-10-11-12-13-14-15-16-17-22(20-24-4)18-19-26-23(25)21(2)3/h22,24H,2,5-20H2,1,3-4H3. The minimum atomic E-state index is -0.265. The normalized spacial score (nSPS) is 12.1. The number of esters is 1. The van der Waals surface area contributed by atoms with Crippen LogP contribution < -0.4 is 5.32 Å². The Morgan fingerprint density at radius 3 is 1.85 bits per heavy atom. The second-order valence-electron chi connectivity index (χ2n) is 7.81. The van der Waals surface area contributed by atoms with Gasteiger partial charge in [0.05, 0.1) is 6.61 Å². The van der Waals surface area contributed by atoms with Crippen molar-refractivity contribution in [3.05, 3.63) is 12.2 Å². The first kappa shape index (κ1) is 25.2. The van der Waals surface area contributed by atoms with Crippen LogP contribution in [0.3, 0.4) is 0 Å². The molecule has 3 nitrogen and oxygen atoms in total. The zero-order chi connectivity index (χ0) is 19.5. The Kier molecular flexibility index (Phi) is 18.3. The van der Waals surface area contributed by atoms with Crippen LogP contribution in [0.25, 0.3) is 0 Å². The summed E-state index contributed by atoms with van der Waals surface area (Å²) in [6.45, 7) is 9.10. The Bertz CT molecular complexity index is 341. The Morgan fingerprint density at radius 2 is 1.38 bits per heavy atom. The van der Waals surface area contributed by atoms with E-state index in [0.29, 0.717) is 18.1 Å². The Morgan fingerprint density at radius 1 is 0.885 bits per heavy atom. The minimum Gasteiger partial charge on any atom is -0.462 e. The number of hydrogen-bond donors (Lipinski definition) is 1. The fourth-order valence-electron chi connectivity index (χ4n) is 3.35. The lowest BCUT2D eigenvalue weighted by atomic mass is 9.97. The second kappa shape index (κ2) is 18.9. The zero-order valence-corrected chi connectivity index (χ0v) is 17.9. The van der Waals surface area contributed by atoms with Crippen molar-refractivity contribution in [3.63, 3.8) is 0 Å². The smallest absolute Gasteiger partial charge is 0.333 e. The van der Waals surface area contributed by atoms with Crippen LogP contribution in [0.4, 0.5) is 0 Å². The first-order chi connectivity index (χ1) is 12.6. The number of rotatable bonds is 19. The number of nitrogens with one attached hydrogen (secondary N) is 1. The van der Waals surface area contributed by atoms with Gasteiger partial charge in [0, 0.05) is 5.57 Å². The fourth-order valence-corrected chi connectivity index (χ4v) is 3.35. The molecule has 3 heteroatoms. The van der Waals surface area contributed by atoms with Gasteiger partial charge in [-0.2, -0.15) is 0 Å². The van der Waals surface area contributed by atoms with Gasteiger partial charge in [-0.25, -0.2) is 4.79 Å². The van der Waals surface area contributed by atoms with Gasteiger partial charge in [-0.05, 0) is 39.3 Å². The average Bonchev–Trinajstić information content (AvgIpc) is 2.62. The topological polar surface area (TPSA) is 38.3 Å². The molecule has 0 aromatic carbocycles. The van der Waals surface area contributed by atoms with E-state index in [1.165, 1.54) is 83.5 Å². The predicted octanol–water partition coefficient (Wildman–Crippen LogP) is 6.42. The number of ether oxygens (including phenoxy) is 1. The molecule has 0 fully saturated rings. The van der Waals surface area contributed by atoms with Gasteiger partial charge in [-0.3, -0.25) is 0 Å². The molecule has 0 spiro atoms. The van der Waals surface area contributed by atoms with Crippen LogP contribution in [0.15, 0.2) is 12.2 Å². The molecule has 1 N–H and O–H groups in total. The fraction of sp³-hybridized carbons (Fsp3) is 0.870. The highest BCUT2D eigenvalue weighted by Crippen LogP contribution is 2.16. The van der Waals surface area contributed by atoms with Gasteiger partial charge in [-0.15, -0.1) is 0 Å². The first-order valence-corrected chi connectivity index (χ1v) is 11.1. The summed E-state index contributed by atoms with van der Waals surface area (Å²) in [6, 6.07) is 0. The molecular weight excluding hydrogens is 322 g/mol. The number of carbonyl (C=O) groups is 1. The second-order valence-corrected chi connectivity index (χ2v) is 7.81. The molecule has 0 saturated heterocycles. The van der Waals surface area contributed by atoms with Gasteiger partial charge < -0.3 is 10.1 Å². The van der Waals surface area contributed by atoms with Crippen molar-refractivity contribution in [2.45, 2.75) is 104 Å². The summed E-state index contributed by atoms with van der Waals surface area (Å²) in [4.78, 5) is 11.4. The third-order valence-corrected chi connectivity index (χ3v) is 5.07. The van der Waals surface area contributed by atoms with Crippen LogP contribution in [0.5, 0.6) is 0 Å². The van der Waals surface area contributed by atoms with E-state index in [-0.39, 0.29) is 5.97 Å². The number of unbranched alkanes of at least 4 members (excludes halogenated alkanes) is 11. The predicted molar refractivity (Wildman–Crippen MR) is 114 cm³/mol. The van der Waals surface area contributed by atoms with E-state index < -0.39 is 0 Å². The van der Waals surface area contributed by atoms with Crippen molar-refractivity contribution in [1.29, 1.82) is 0 Å². The van der Waals surface area contributed by atoms with Crippen LogP contribution in [0.1, 0.15) is 104 Å². The first-order valence-electron chi connectivity index (χ1n) is 11.1.